The summed E-state index contributed by atoms with van der Waals surface area (Å²) in [5.74, 6) is 3.20. The van der Waals surface area contributed by atoms with E-state index in [9.17, 15) is 0 Å². The predicted octanol–water partition coefficient (Wildman–Crippen LogP) is 2.60. The highest BCUT2D eigenvalue weighted by Gasteiger charge is 2.18. The summed E-state index contributed by atoms with van der Waals surface area (Å²) in [6.45, 7) is 1.82. The van der Waals surface area contributed by atoms with Crippen molar-refractivity contribution in [3.8, 4) is 17.2 Å². The Kier molecular flexibility index (Phi) is 4.91. The fraction of sp³-hybridized carbons (Fsp3) is 0.600. The van der Waals surface area contributed by atoms with E-state index in [1.54, 1.807) is 21.3 Å². The maximum Gasteiger partial charge on any atom is 0.130 e. The summed E-state index contributed by atoms with van der Waals surface area (Å²) >= 11 is 0. The second-order valence-electron chi connectivity index (χ2n) is 4.94. The molecule has 1 N–H and O–H groups in total. The Labute approximate surface area is 115 Å². The second kappa shape index (κ2) is 6.66. The SMILES string of the molecule is COc1cc(OC)c(CNCC2CCC2)c(OC)c1. The molecular formula is C15H23NO3. The summed E-state index contributed by atoms with van der Waals surface area (Å²) in [6.07, 6.45) is 4.08. The molecule has 0 radical (unpaired) electrons. The molecule has 0 atom stereocenters. The summed E-state index contributed by atoms with van der Waals surface area (Å²) in [6, 6.07) is 3.78. The van der Waals surface area contributed by atoms with E-state index in [0.29, 0.717) is 0 Å². The van der Waals surface area contributed by atoms with Crippen LogP contribution in [0.4, 0.5) is 0 Å². The van der Waals surface area contributed by atoms with Crippen LogP contribution < -0.4 is 19.5 Å². The maximum atomic E-state index is 5.43. The van der Waals surface area contributed by atoms with Gasteiger partial charge in [0.1, 0.15) is 17.2 Å². The molecule has 0 aromatic heterocycles. The van der Waals surface area contributed by atoms with Crippen molar-refractivity contribution in [2.75, 3.05) is 27.9 Å². The van der Waals surface area contributed by atoms with E-state index in [1.807, 2.05) is 12.1 Å². The number of benzene rings is 1. The molecule has 0 bridgehead atoms. The standard InChI is InChI=1S/C15H23NO3/c1-17-12-7-14(18-2)13(15(8-12)19-3)10-16-9-11-5-4-6-11/h7-8,11,16H,4-6,9-10H2,1-3H3. The highest BCUT2D eigenvalue weighted by atomic mass is 16.5. The summed E-state index contributed by atoms with van der Waals surface area (Å²) in [5, 5.41) is 3.49. The van der Waals surface area contributed by atoms with E-state index in [4.69, 9.17) is 14.2 Å². The van der Waals surface area contributed by atoms with E-state index in [0.717, 1.165) is 41.8 Å². The molecule has 1 saturated carbocycles. The molecule has 1 aliphatic carbocycles. The first-order chi connectivity index (χ1) is 9.28. The average Bonchev–Trinajstić information content (AvgIpc) is 2.40. The summed E-state index contributed by atoms with van der Waals surface area (Å²) < 4.78 is 16.1. The van der Waals surface area contributed by atoms with Gasteiger partial charge < -0.3 is 19.5 Å². The van der Waals surface area contributed by atoms with Gasteiger partial charge in [-0.2, -0.15) is 0 Å². The smallest absolute Gasteiger partial charge is 0.130 e. The van der Waals surface area contributed by atoms with Crippen LogP contribution in [0.3, 0.4) is 0 Å². The molecule has 1 fully saturated rings. The molecule has 1 aromatic rings. The first-order valence-corrected chi connectivity index (χ1v) is 6.78. The summed E-state index contributed by atoms with van der Waals surface area (Å²) in [7, 11) is 4.98. The van der Waals surface area contributed by atoms with E-state index in [2.05, 4.69) is 5.32 Å². The van der Waals surface area contributed by atoms with Crippen LogP contribution in [0.5, 0.6) is 17.2 Å². The van der Waals surface area contributed by atoms with Gasteiger partial charge in [0.2, 0.25) is 0 Å². The molecule has 0 aliphatic heterocycles. The third kappa shape index (κ3) is 3.32. The monoisotopic (exact) mass is 265 g/mol. The van der Waals surface area contributed by atoms with Gasteiger partial charge >= 0.3 is 0 Å². The fourth-order valence-corrected chi connectivity index (χ4v) is 2.35. The van der Waals surface area contributed by atoms with Crippen molar-refractivity contribution < 1.29 is 14.2 Å². The van der Waals surface area contributed by atoms with Crippen molar-refractivity contribution in [1.82, 2.24) is 5.32 Å². The summed E-state index contributed by atoms with van der Waals surface area (Å²) in [5.41, 5.74) is 1.05. The Morgan fingerprint density at radius 3 is 2.11 bits per heavy atom. The number of ether oxygens (including phenoxy) is 3. The van der Waals surface area contributed by atoms with Crippen molar-refractivity contribution in [2.45, 2.75) is 25.8 Å². The summed E-state index contributed by atoms with van der Waals surface area (Å²) in [4.78, 5) is 0. The number of nitrogens with one attached hydrogen (secondary N) is 1. The van der Waals surface area contributed by atoms with Crippen LogP contribution in [0, 0.1) is 5.92 Å². The molecule has 1 aliphatic rings. The zero-order chi connectivity index (χ0) is 13.7. The maximum absolute atomic E-state index is 5.43. The Hall–Kier alpha value is -1.42. The normalized spacial score (nSPS) is 14.9. The van der Waals surface area contributed by atoms with Crippen molar-refractivity contribution in [2.24, 2.45) is 5.92 Å². The van der Waals surface area contributed by atoms with Gasteiger partial charge in [-0.1, -0.05) is 6.42 Å². The molecule has 0 amide bonds. The van der Waals surface area contributed by atoms with Gasteiger partial charge in [-0.05, 0) is 25.3 Å². The largest absolute Gasteiger partial charge is 0.496 e. The van der Waals surface area contributed by atoms with Gasteiger partial charge in [-0.3, -0.25) is 0 Å². The molecule has 0 spiro atoms. The van der Waals surface area contributed by atoms with Crippen molar-refractivity contribution in [1.29, 1.82) is 0 Å². The molecule has 19 heavy (non-hydrogen) atoms. The molecule has 0 unspecified atom stereocenters. The van der Waals surface area contributed by atoms with Gasteiger partial charge in [0.15, 0.2) is 0 Å². The molecular weight excluding hydrogens is 242 g/mol. The van der Waals surface area contributed by atoms with Gasteiger partial charge in [0.05, 0.1) is 26.9 Å². The highest BCUT2D eigenvalue weighted by Crippen LogP contribution is 2.34. The Morgan fingerprint density at radius 1 is 1.05 bits per heavy atom. The quantitative estimate of drug-likeness (QED) is 0.822. The molecule has 0 heterocycles. The third-order valence-corrected chi connectivity index (χ3v) is 3.78. The average molecular weight is 265 g/mol. The van der Waals surface area contributed by atoms with Crippen LogP contribution in [-0.2, 0) is 6.54 Å². The predicted molar refractivity (Wildman–Crippen MR) is 75.1 cm³/mol. The Balaban J connectivity index is 2.06. The number of hydrogen-bond acceptors (Lipinski definition) is 4. The molecule has 4 heteroatoms. The number of rotatable bonds is 7. The van der Waals surface area contributed by atoms with E-state index >= 15 is 0 Å². The van der Waals surface area contributed by atoms with Crippen molar-refractivity contribution in [3.05, 3.63) is 17.7 Å². The van der Waals surface area contributed by atoms with E-state index in [-0.39, 0.29) is 0 Å². The zero-order valence-electron chi connectivity index (χ0n) is 12.0. The topological polar surface area (TPSA) is 39.7 Å². The van der Waals surface area contributed by atoms with Crippen LogP contribution in [0.2, 0.25) is 0 Å². The van der Waals surface area contributed by atoms with Gasteiger partial charge in [-0.15, -0.1) is 0 Å². The molecule has 4 nitrogen and oxygen atoms in total. The van der Waals surface area contributed by atoms with Crippen molar-refractivity contribution >= 4 is 0 Å². The first-order valence-electron chi connectivity index (χ1n) is 6.78. The number of methoxy groups -OCH3 is 3. The Bertz CT molecular complexity index is 391. The third-order valence-electron chi connectivity index (χ3n) is 3.78. The van der Waals surface area contributed by atoms with Crippen LogP contribution >= 0.6 is 0 Å². The minimum absolute atomic E-state index is 0.747. The Morgan fingerprint density at radius 2 is 1.68 bits per heavy atom. The minimum atomic E-state index is 0.747. The van der Waals surface area contributed by atoms with Gasteiger partial charge in [-0.25, -0.2) is 0 Å². The van der Waals surface area contributed by atoms with Crippen LogP contribution in [0.1, 0.15) is 24.8 Å². The molecule has 0 saturated heterocycles. The van der Waals surface area contributed by atoms with Gasteiger partial charge in [0.25, 0.3) is 0 Å². The lowest BCUT2D eigenvalue weighted by atomic mass is 9.85. The molecule has 106 valence electrons. The lowest BCUT2D eigenvalue weighted by molar-refractivity contribution is 0.299. The van der Waals surface area contributed by atoms with Crippen LogP contribution in [0.25, 0.3) is 0 Å². The second-order valence-corrected chi connectivity index (χ2v) is 4.94. The van der Waals surface area contributed by atoms with Crippen LogP contribution in [-0.4, -0.2) is 27.9 Å². The lowest BCUT2D eigenvalue weighted by Crippen LogP contribution is -2.27. The number of hydrogen-bond donors (Lipinski definition) is 1. The molecule has 1 aromatic carbocycles. The minimum Gasteiger partial charge on any atom is -0.496 e. The fourth-order valence-electron chi connectivity index (χ4n) is 2.35. The van der Waals surface area contributed by atoms with Crippen LogP contribution in [0.15, 0.2) is 12.1 Å². The van der Waals surface area contributed by atoms with Crippen molar-refractivity contribution in [3.63, 3.8) is 0 Å². The first kappa shape index (κ1) is 14.0. The lowest BCUT2D eigenvalue weighted by Gasteiger charge is -2.26. The van der Waals surface area contributed by atoms with Gasteiger partial charge in [0, 0.05) is 18.7 Å². The molecule has 2 rings (SSSR count). The van der Waals surface area contributed by atoms with E-state index in [1.165, 1.54) is 19.3 Å². The highest BCUT2D eigenvalue weighted by molar-refractivity contribution is 5.50. The van der Waals surface area contributed by atoms with E-state index < -0.39 is 0 Å². The zero-order valence-corrected chi connectivity index (χ0v) is 12.0.